The molecule has 2 fully saturated rings. The number of esters is 1. The van der Waals surface area contributed by atoms with Crippen molar-refractivity contribution in [3.05, 3.63) is 29.8 Å². The lowest BCUT2D eigenvalue weighted by Gasteiger charge is -2.35. The smallest absolute Gasteiger partial charge is 0.306 e. The number of hydrogen-bond donors (Lipinski definition) is 4. The predicted octanol–water partition coefficient (Wildman–Crippen LogP) is 4.02. The molecule has 1 aromatic rings. The summed E-state index contributed by atoms with van der Waals surface area (Å²) in [5, 5.41) is 11.7. The maximum Gasteiger partial charge on any atom is 0.306 e. The van der Waals surface area contributed by atoms with Crippen LogP contribution in [0.2, 0.25) is 0 Å². The molecule has 4 N–H and O–H groups in total. The highest BCUT2D eigenvalue weighted by atomic mass is 16.5. The Bertz CT molecular complexity index is 1120. The second-order valence-corrected chi connectivity index (χ2v) is 12.2. The zero-order valence-corrected chi connectivity index (χ0v) is 26.2. The summed E-state index contributed by atoms with van der Waals surface area (Å²) in [5.41, 5.74) is 1.49. The third-order valence-electron chi connectivity index (χ3n) is 9.02. The molecule has 6 atom stereocenters. The van der Waals surface area contributed by atoms with Crippen LogP contribution >= 0.6 is 0 Å². The van der Waals surface area contributed by atoms with Crippen molar-refractivity contribution in [3.8, 4) is 0 Å². The lowest BCUT2D eigenvalue weighted by atomic mass is 9.71. The number of carbonyl (C=O) groups is 5. The van der Waals surface area contributed by atoms with Crippen LogP contribution in [-0.2, 0) is 35.3 Å². The average Bonchev–Trinajstić information content (AvgIpc) is 3.00. The van der Waals surface area contributed by atoms with Crippen molar-refractivity contribution in [2.24, 2.45) is 17.8 Å². The van der Waals surface area contributed by atoms with Crippen LogP contribution in [0.3, 0.4) is 0 Å². The Morgan fingerprint density at radius 3 is 2.56 bits per heavy atom. The highest BCUT2D eigenvalue weighted by Crippen LogP contribution is 2.38. The van der Waals surface area contributed by atoms with Crippen LogP contribution in [0.4, 0.5) is 5.69 Å². The molecule has 0 bridgehead atoms. The minimum absolute atomic E-state index is 0.0163. The van der Waals surface area contributed by atoms with Gasteiger partial charge in [-0.15, -0.1) is 0 Å². The van der Waals surface area contributed by atoms with Gasteiger partial charge in [-0.3, -0.25) is 24.0 Å². The van der Waals surface area contributed by atoms with Crippen molar-refractivity contribution < 1.29 is 28.7 Å². The number of ketones is 1. The first kappa shape index (κ1) is 34.2. The molecule has 6 unspecified atom stereocenters. The number of ether oxygens (including phenoxy) is 1. The molecule has 1 aromatic carbocycles. The molecule has 1 saturated carbocycles. The summed E-state index contributed by atoms with van der Waals surface area (Å²) < 4.78 is 5.16. The maximum absolute atomic E-state index is 13.2. The van der Waals surface area contributed by atoms with Crippen LogP contribution in [-0.4, -0.2) is 54.7 Å². The van der Waals surface area contributed by atoms with E-state index in [0.717, 1.165) is 50.5 Å². The van der Waals surface area contributed by atoms with Crippen LogP contribution < -0.4 is 21.3 Å². The highest BCUT2D eigenvalue weighted by Gasteiger charge is 2.34. The molecule has 10 heteroatoms. The van der Waals surface area contributed by atoms with Gasteiger partial charge in [-0.2, -0.15) is 0 Å². The van der Waals surface area contributed by atoms with Gasteiger partial charge in [-0.05, 0) is 89.0 Å². The van der Waals surface area contributed by atoms with Crippen molar-refractivity contribution in [2.75, 3.05) is 12.4 Å². The number of hydrogen-bond acceptors (Lipinski definition) is 7. The quantitative estimate of drug-likeness (QED) is 0.176. The lowest BCUT2D eigenvalue weighted by Crippen LogP contribution is -2.47. The van der Waals surface area contributed by atoms with Gasteiger partial charge in [0, 0.05) is 24.6 Å². The van der Waals surface area contributed by atoms with Crippen molar-refractivity contribution in [1.82, 2.24) is 16.0 Å². The largest absolute Gasteiger partial charge is 0.452 e. The topological polar surface area (TPSA) is 143 Å². The summed E-state index contributed by atoms with van der Waals surface area (Å²) in [4.78, 5) is 61.5. The number of cyclic esters (lactones) is 1. The normalized spacial score (nSPS) is 23.4. The third-order valence-corrected chi connectivity index (χ3v) is 9.02. The second-order valence-electron chi connectivity index (χ2n) is 12.2. The van der Waals surface area contributed by atoms with Gasteiger partial charge in [0.1, 0.15) is 0 Å². The fourth-order valence-electron chi connectivity index (χ4n) is 6.20. The Morgan fingerprint density at radius 2 is 1.86 bits per heavy atom. The third kappa shape index (κ3) is 10.7. The van der Waals surface area contributed by atoms with Gasteiger partial charge in [0.2, 0.25) is 11.8 Å². The van der Waals surface area contributed by atoms with Gasteiger partial charge >= 0.3 is 5.97 Å². The number of Topliss-reactive ketones (excluding diaryl/α,β-unsaturated/α-hetero) is 1. The molecule has 0 radical (unpaired) electrons. The summed E-state index contributed by atoms with van der Waals surface area (Å²) in [6, 6.07) is 6.57. The fourth-order valence-corrected chi connectivity index (χ4v) is 6.20. The van der Waals surface area contributed by atoms with Gasteiger partial charge in [0.05, 0.1) is 12.1 Å². The number of unbranched alkanes of at least 4 members (excludes halogenated alkanes) is 1. The van der Waals surface area contributed by atoms with Crippen LogP contribution in [0.1, 0.15) is 97.0 Å². The molecule has 238 valence electrons. The van der Waals surface area contributed by atoms with E-state index in [2.05, 4.69) is 28.2 Å². The maximum atomic E-state index is 13.2. The predicted molar refractivity (Wildman–Crippen MR) is 165 cm³/mol. The number of rotatable bonds is 15. The van der Waals surface area contributed by atoms with Gasteiger partial charge in [-0.1, -0.05) is 44.7 Å². The molecule has 1 saturated heterocycles. The Morgan fingerprint density at radius 1 is 1.07 bits per heavy atom. The van der Waals surface area contributed by atoms with Crippen molar-refractivity contribution in [3.63, 3.8) is 0 Å². The van der Waals surface area contributed by atoms with E-state index >= 15 is 0 Å². The SMILES string of the molecule is CCC1CC(CCCCC(NC(=O)C(C)NC)C(C)=O)CCC1C(=O)NCc1cccc(NC(=O)C2CCCC(=O)O2)c1. The van der Waals surface area contributed by atoms with E-state index in [-0.39, 0.29) is 41.4 Å². The van der Waals surface area contributed by atoms with Crippen LogP contribution in [0.25, 0.3) is 0 Å². The van der Waals surface area contributed by atoms with Gasteiger partial charge in [0.25, 0.3) is 5.91 Å². The lowest BCUT2D eigenvalue weighted by molar-refractivity contribution is -0.158. The van der Waals surface area contributed by atoms with Gasteiger partial charge in [-0.25, -0.2) is 0 Å². The number of nitrogens with one attached hydrogen (secondary N) is 4. The first-order valence-electron chi connectivity index (χ1n) is 16.0. The van der Waals surface area contributed by atoms with Crippen molar-refractivity contribution >= 4 is 35.2 Å². The summed E-state index contributed by atoms with van der Waals surface area (Å²) in [6.07, 6.45) is 8.17. The summed E-state index contributed by atoms with van der Waals surface area (Å²) in [6.45, 7) is 5.82. The standard InChI is InChI=1S/C33H50N4O6/c1-5-25-18-23(10-6-7-13-28(22(3)38)37-31(40)21(2)34-4)16-17-27(25)32(41)35-20-24-11-8-12-26(19-24)36-33(42)29-14-9-15-30(39)43-29/h8,11-12,19,21,23,25,27-29,34H,5-7,9-10,13-18,20H2,1-4H3,(H,35,41)(H,36,42)(H,37,40). The fraction of sp³-hybridized carbons (Fsp3) is 0.667. The van der Waals surface area contributed by atoms with E-state index in [9.17, 15) is 24.0 Å². The second kappa shape index (κ2) is 17.1. The number of likely N-dealkylation sites (N-methyl/N-ethyl adjacent to an activating group) is 1. The van der Waals surface area contributed by atoms with E-state index in [1.165, 1.54) is 6.92 Å². The first-order chi connectivity index (χ1) is 20.6. The van der Waals surface area contributed by atoms with E-state index < -0.39 is 12.1 Å². The van der Waals surface area contributed by atoms with Crippen LogP contribution in [0.15, 0.2) is 24.3 Å². The Balaban J connectivity index is 1.41. The van der Waals surface area contributed by atoms with Crippen molar-refractivity contribution in [2.45, 2.75) is 116 Å². The number of amides is 3. The molecule has 1 aliphatic carbocycles. The minimum Gasteiger partial charge on any atom is -0.452 e. The first-order valence-corrected chi connectivity index (χ1v) is 16.0. The summed E-state index contributed by atoms with van der Waals surface area (Å²) in [5.74, 6) is 0.0952. The molecular formula is C33H50N4O6. The Kier molecular flexibility index (Phi) is 13.6. The molecule has 1 heterocycles. The Hall–Kier alpha value is -3.27. The highest BCUT2D eigenvalue weighted by molar-refractivity contribution is 5.95. The van der Waals surface area contributed by atoms with Crippen molar-refractivity contribution in [1.29, 1.82) is 0 Å². The van der Waals surface area contributed by atoms with E-state index in [1.54, 1.807) is 20.0 Å². The number of carbonyl (C=O) groups excluding carboxylic acids is 5. The van der Waals surface area contributed by atoms with Gasteiger partial charge in [0.15, 0.2) is 11.9 Å². The van der Waals surface area contributed by atoms with E-state index in [0.29, 0.717) is 49.8 Å². The molecule has 43 heavy (non-hydrogen) atoms. The van der Waals surface area contributed by atoms with E-state index in [4.69, 9.17) is 4.74 Å². The molecule has 3 amide bonds. The minimum atomic E-state index is -0.761. The molecule has 0 aromatic heterocycles. The zero-order valence-electron chi connectivity index (χ0n) is 26.2. The molecule has 0 spiro atoms. The summed E-state index contributed by atoms with van der Waals surface area (Å²) >= 11 is 0. The van der Waals surface area contributed by atoms with Crippen LogP contribution in [0, 0.1) is 17.8 Å². The van der Waals surface area contributed by atoms with Crippen LogP contribution in [0.5, 0.6) is 0 Å². The van der Waals surface area contributed by atoms with Gasteiger partial charge < -0.3 is 26.0 Å². The molecule has 10 nitrogen and oxygen atoms in total. The summed E-state index contributed by atoms with van der Waals surface area (Å²) in [7, 11) is 1.72. The molecular weight excluding hydrogens is 548 g/mol. The van der Waals surface area contributed by atoms with E-state index in [1.807, 2.05) is 18.2 Å². The average molecular weight is 599 g/mol. The number of benzene rings is 1. The number of anilines is 1. The molecule has 2 aliphatic rings. The molecule has 3 rings (SSSR count). The Labute approximate surface area is 255 Å². The zero-order chi connectivity index (χ0) is 31.4. The molecule has 1 aliphatic heterocycles. The monoisotopic (exact) mass is 598 g/mol.